The van der Waals surface area contributed by atoms with Gasteiger partial charge in [0.25, 0.3) is 6.43 Å². The fraction of sp³-hybridized carbons (Fsp3) is 0.700. The molecule has 0 aliphatic heterocycles. The number of rotatable bonds is 7. The van der Waals surface area contributed by atoms with Gasteiger partial charge in [-0.25, -0.2) is 8.78 Å². The summed E-state index contributed by atoms with van der Waals surface area (Å²) in [5.74, 6) is 0.417. The summed E-state index contributed by atoms with van der Waals surface area (Å²) >= 11 is 5.75. The van der Waals surface area contributed by atoms with Crippen LogP contribution in [-0.2, 0) is 0 Å². The Kier molecular flexibility index (Phi) is 6.10. The van der Waals surface area contributed by atoms with Crippen LogP contribution in [0.15, 0.2) is 0 Å². The first-order valence-electron chi connectivity index (χ1n) is 5.84. The zero-order valence-corrected chi connectivity index (χ0v) is 11.4. The Morgan fingerprint density at radius 3 is 2.42 bits per heavy atom. The number of nitrogens with one attached hydrogen (secondary N) is 1. The summed E-state index contributed by atoms with van der Waals surface area (Å²) in [6.45, 7) is 4.84. The number of hydrogen-bond donors (Lipinski definition) is 2. The van der Waals surface area contributed by atoms with Crippen molar-refractivity contribution in [3.05, 3.63) is 5.28 Å². The van der Waals surface area contributed by atoms with Crippen LogP contribution in [0.1, 0.15) is 13.8 Å². The van der Waals surface area contributed by atoms with Crippen LogP contribution in [-0.4, -0.2) is 52.2 Å². The lowest BCUT2D eigenvalue weighted by atomic mass is 10.4. The van der Waals surface area contributed by atoms with Crippen molar-refractivity contribution >= 4 is 23.5 Å². The maximum atomic E-state index is 12.1. The van der Waals surface area contributed by atoms with E-state index in [-0.39, 0.29) is 17.8 Å². The summed E-state index contributed by atoms with van der Waals surface area (Å²) in [5, 5.41) is 11.5. The van der Waals surface area contributed by atoms with Crippen LogP contribution in [0.3, 0.4) is 0 Å². The van der Waals surface area contributed by atoms with Crippen LogP contribution in [0.25, 0.3) is 0 Å². The van der Waals surface area contributed by atoms with Crippen molar-refractivity contribution in [2.45, 2.75) is 26.4 Å². The molecule has 0 fully saturated rings. The summed E-state index contributed by atoms with van der Waals surface area (Å²) in [5.41, 5.74) is 0. The van der Waals surface area contributed by atoms with Crippen molar-refractivity contribution in [2.75, 3.05) is 29.9 Å². The molecule has 0 bridgehead atoms. The molecular weight excluding hydrogens is 280 g/mol. The highest BCUT2D eigenvalue weighted by Gasteiger charge is 2.17. The van der Waals surface area contributed by atoms with E-state index in [2.05, 4.69) is 20.3 Å². The molecule has 0 saturated heterocycles. The molecule has 1 unspecified atom stereocenters. The minimum absolute atomic E-state index is 0.0362. The fourth-order valence-electron chi connectivity index (χ4n) is 1.35. The Bertz CT molecular complexity index is 406. The Labute approximate surface area is 114 Å². The summed E-state index contributed by atoms with van der Waals surface area (Å²) < 4.78 is 24.3. The molecule has 1 atom stereocenters. The highest BCUT2D eigenvalue weighted by molar-refractivity contribution is 6.28. The van der Waals surface area contributed by atoms with E-state index >= 15 is 0 Å². The van der Waals surface area contributed by atoms with E-state index < -0.39 is 12.5 Å². The highest BCUT2D eigenvalue weighted by atomic mass is 35.5. The van der Waals surface area contributed by atoms with Crippen LogP contribution in [0.5, 0.6) is 0 Å². The molecule has 0 aromatic carbocycles. The first-order valence-corrected chi connectivity index (χ1v) is 6.22. The molecule has 9 heteroatoms. The average Bonchev–Trinajstić information content (AvgIpc) is 2.36. The number of aliphatic hydroxyl groups is 1. The van der Waals surface area contributed by atoms with Gasteiger partial charge in [0.1, 0.15) is 6.10 Å². The van der Waals surface area contributed by atoms with Crippen molar-refractivity contribution in [2.24, 2.45) is 0 Å². The third kappa shape index (κ3) is 4.71. The second kappa shape index (κ2) is 7.34. The minimum Gasteiger partial charge on any atom is -0.385 e. The van der Waals surface area contributed by atoms with Crippen molar-refractivity contribution in [3.8, 4) is 0 Å². The van der Waals surface area contributed by atoms with Gasteiger partial charge in [0.15, 0.2) is 0 Å². The Hall–Kier alpha value is -1.28. The standard InChI is InChI=1S/C10H16ClF2N5O/c1-3-18(4-2)10-16-8(11)15-9(17-10)14-5-6(19)7(12)13/h6-7,19H,3-5H2,1-2H3,(H,14,15,16,17). The number of hydrogen-bond acceptors (Lipinski definition) is 6. The molecule has 0 radical (unpaired) electrons. The topological polar surface area (TPSA) is 74.2 Å². The number of aromatic nitrogens is 3. The Morgan fingerprint density at radius 2 is 1.89 bits per heavy atom. The Balaban J connectivity index is 2.79. The van der Waals surface area contributed by atoms with Crippen LogP contribution in [0, 0.1) is 0 Å². The van der Waals surface area contributed by atoms with Crippen molar-refractivity contribution in [1.82, 2.24) is 15.0 Å². The molecule has 1 heterocycles. The highest BCUT2D eigenvalue weighted by Crippen LogP contribution is 2.13. The minimum atomic E-state index is -2.83. The van der Waals surface area contributed by atoms with Crippen LogP contribution < -0.4 is 10.2 Å². The SMILES string of the molecule is CCN(CC)c1nc(Cl)nc(NCC(O)C(F)F)n1. The number of alkyl halides is 2. The summed E-state index contributed by atoms with van der Waals surface area (Å²) in [6.07, 6.45) is -4.61. The normalized spacial score (nSPS) is 12.6. The molecule has 0 spiro atoms. The molecule has 1 aromatic heterocycles. The molecule has 0 amide bonds. The average molecular weight is 296 g/mol. The number of anilines is 2. The second-order valence-corrected chi connectivity index (χ2v) is 4.02. The van der Waals surface area contributed by atoms with Gasteiger partial charge in [-0.05, 0) is 25.4 Å². The maximum Gasteiger partial charge on any atom is 0.265 e. The molecular formula is C10H16ClF2N5O. The fourth-order valence-corrected chi connectivity index (χ4v) is 1.51. The molecule has 6 nitrogen and oxygen atoms in total. The first kappa shape index (κ1) is 15.8. The van der Waals surface area contributed by atoms with Gasteiger partial charge in [-0.3, -0.25) is 0 Å². The van der Waals surface area contributed by atoms with Gasteiger partial charge in [-0.15, -0.1) is 0 Å². The predicted octanol–water partition coefficient (Wildman–Crippen LogP) is 1.41. The molecule has 0 aliphatic rings. The molecule has 2 N–H and O–H groups in total. The Morgan fingerprint density at radius 1 is 1.26 bits per heavy atom. The van der Waals surface area contributed by atoms with E-state index in [1.54, 1.807) is 0 Å². The molecule has 108 valence electrons. The summed E-state index contributed by atoms with van der Waals surface area (Å²) in [7, 11) is 0. The first-order chi connectivity index (χ1) is 8.97. The third-order valence-corrected chi connectivity index (χ3v) is 2.57. The van der Waals surface area contributed by atoms with Gasteiger partial charge >= 0.3 is 0 Å². The summed E-state index contributed by atoms with van der Waals surface area (Å²) in [4.78, 5) is 13.6. The number of aliphatic hydroxyl groups excluding tert-OH is 1. The molecule has 1 aromatic rings. The van der Waals surface area contributed by atoms with E-state index in [1.165, 1.54) is 0 Å². The number of nitrogens with zero attached hydrogens (tertiary/aromatic N) is 4. The van der Waals surface area contributed by atoms with Crippen molar-refractivity contribution < 1.29 is 13.9 Å². The summed E-state index contributed by atoms with van der Waals surface area (Å²) in [6, 6.07) is 0. The van der Waals surface area contributed by atoms with Gasteiger partial charge < -0.3 is 15.3 Å². The van der Waals surface area contributed by atoms with E-state index in [1.807, 2.05) is 18.7 Å². The molecule has 0 saturated carbocycles. The van der Waals surface area contributed by atoms with E-state index in [0.29, 0.717) is 19.0 Å². The van der Waals surface area contributed by atoms with Gasteiger partial charge in [-0.1, -0.05) is 0 Å². The lowest BCUT2D eigenvalue weighted by molar-refractivity contribution is 0.00376. The monoisotopic (exact) mass is 295 g/mol. The largest absolute Gasteiger partial charge is 0.385 e. The molecule has 19 heavy (non-hydrogen) atoms. The van der Waals surface area contributed by atoms with Gasteiger partial charge in [0, 0.05) is 19.6 Å². The van der Waals surface area contributed by atoms with Gasteiger partial charge in [0.05, 0.1) is 0 Å². The van der Waals surface area contributed by atoms with Crippen LogP contribution in [0.2, 0.25) is 5.28 Å². The van der Waals surface area contributed by atoms with Crippen LogP contribution in [0.4, 0.5) is 20.7 Å². The van der Waals surface area contributed by atoms with Crippen LogP contribution >= 0.6 is 11.6 Å². The zero-order chi connectivity index (χ0) is 14.4. The second-order valence-electron chi connectivity index (χ2n) is 3.68. The maximum absolute atomic E-state index is 12.1. The zero-order valence-electron chi connectivity index (χ0n) is 10.6. The third-order valence-electron chi connectivity index (χ3n) is 2.40. The van der Waals surface area contributed by atoms with Crippen molar-refractivity contribution in [1.29, 1.82) is 0 Å². The lowest BCUT2D eigenvalue weighted by Gasteiger charge is -2.19. The van der Waals surface area contributed by atoms with E-state index in [0.717, 1.165) is 0 Å². The lowest BCUT2D eigenvalue weighted by Crippen LogP contribution is -2.28. The predicted molar refractivity (Wildman–Crippen MR) is 68.9 cm³/mol. The van der Waals surface area contributed by atoms with Gasteiger partial charge in [-0.2, -0.15) is 15.0 Å². The molecule has 0 aliphatic carbocycles. The quantitative estimate of drug-likeness (QED) is 0.792. The molecule has 1 rings (SSSR count). The smallest absolute Gasteiger partial charge is 0.265 e. The van der Waals surface area contributed by atoms with E-state index in [9.17, 15) is 8.78 Å². The van der Waals surface area contributed by atoms with E-state index in [4.69, 9.17) is 16.7 Å². The van der Waals surface area contributed by atoms with Crippen molar-refractivity contribution in [3.63, 3.8) is 0 Å². The number of halogens is 3. The van der Waals surface area contributed by atoms with Gasteiger partial charge in [0.2, 0.25) is 17.2 Å².